The van der Waals surface area contributed by atoms with Gasteiger partial charge < -0.3 is 15.8 Å². The fourth-order valence-electron chi connectivity index (χ4n) is 1.82. The first kappa shape index (κ1) is 15.9. The number of carbonyl (C=O) groups is 2. The molecular formula is C16H15ClN2O3. The van der Waals surface area contributed by atoms with Gasteiger partial charge in [0.1, 0.15) is 0 Å². The molecule has 0 spiro atoms. The van der Waals surface area contributed by atoms with Crippen molar-refractivity contribution in [2.45, 2.75) is 6.92 Å². The van der Waals surface area contributed by atoms with Crippen LogP contribution in [-0.2, 0) is 4.74 Å². The van der Waals surface area contributed by atoms with Gasteiger partial charge in [-0.1, -0.05) is 11.6 Å². The molecule has 22 heavy (non-hydrogen) atoms. The Labute approximate surface area is 133 Å². The highest BCUT2D eigenvalue weighted by atomic mass is 35.5. The molecule has 0 saturated heterocycles. The van der Waals surface area contributed by atoms with Gasteiger partial charge in [0.05, 0.1) is 22.8 Å². The van der Waals surface area contributed by atoms with Gasteiger partial charge in [-0.2, -0.15) is 0 Å². The number of benzene rings is 2. The first-order chi connectivity index (χ1) is 10.5. The molecule has 0 aliphatic carbocycles. The van der Waals surface area contributed by atoms with Crippen molar-refractivity contribution in [1.82, 2.24) is 0 Å². The van der Waals surface area contributed by atoms with Gasteiger partial charge in [-0.3, -0.25) is 4.79 Å². The minimum Gasteiger partial charge on any atom is -0.462 e. The van der Waals surface area contributed by atoms with Crippen molar-refractivity contribution in [1.29, 1.82) is 0 Å². The number of halogens is 1. The second-order valence-corrected chi connectivity index (χ2v) is 4.90. The van der Waals surface area contributed by atoms with Gasteiger partial charge in [0.2, 0.25) is 0 Å². The van der Waals surface area contributed by atoms with Crippen LogP contribution in [0.4, 0.5) is 11.4 Å². The highest BCUT2D eigenvalue weighted by Crippen LogP contribution is 2.20. The summed E-state index contributed by atoms with van der Waals surface area (Å²) < 4.78 is 4.89. The minimum absolute atomic E-state index is 0.278. The molecule has 2 aromatic rings. The number of ether oxygens (including phenoxy) is 1. The van der Waals surface area contributed by atoms with E-state index in [4.69, 9.17) is 22.1 Å². The Morgan fingerprint density at radius 1 is 1.18 bits per heavy atom. The average Bonchev–Trinajstić information content (AvgIpc) is 2.48. The van der Waals surface area contributed by atoms with Gasteiger partial charge >= 0.3 is 5.97 Å². The minimum atomic E-state index is -0.401. The molecule has 5 nitrogen and oxygen atoms in total. The average molecular weight is 319 g/mol. The summed E-state index contributed by atoms with van der Waals surface area (Å²) in [5.41, 5.74) is 7.37. The monoisotopic (exact) mass is 318 g/mol. The van der Waals surface area contributed by atoms with Crippen LogP contribution in [0.2, 0.25) is 5.02 Å². The summed E-state index contributed by atoms with van der Waals surface area (Å²) in [6, 6.07) is 11.1. The Morgan fingerprint density at radius 3 is 2.45 bits per heavy atom. The van der Waals surface area contributed by atoms with Gasteiger partial charge in [-0.05, 0) is 49.4 Å². The third-order valence-corrected chi connectivity index (χ3v) is 3.20. The van der Waals surface area contributed by atoms with Crippen LogP contribution in [0.3, 0.4) is 0 Å². The van der Waals surface area contributed by atoms with Crippen LogP contribution in [0, 0.1) is 0 Å². The lowest BCUT2D eigenvalue weighted by molar-refractivity contribution is 0.0526. The van der Waals surface area contributed by atoms with Crippen LogP contribution in [0.1, 0.15) is 27.6 Å². The molecule has 2 rings (SSSR count). The van der Waals surface area contributed by atoms with E-state index >= 15 is 0 Å². The normalized spacial score (nSPS) is 10.1. The first-order valence-corrected chi connectivity index (χ1v) is 7.02. The zero-order valence-electron chi connectivity index (χ0n) is 11.9. The molecule has 0 aliphatic heterocycles. The van der Waals surface area contributed by atoms with Crippen molar-refractivity contribution in [3.05, 3.63) is 58.6 Å². The van der Waals surface area contributed by atoms with Crippen LogP contribution in [0.15, 0.2) is 42.5 Å². The van der Waals surface area contributed by atoms with E-state index in [1.807, 2.05) is 0 Å². The van der Waals surface area contributed by atoms with Gasteiger partial charge in [-0.25, -0.2) is 4.79 Å². The predicted molar refractivity (Wildman–Crippen MR) is 86.2 cm³/mol. The molecular weight excluding hydrogens is 304 g/mol. The van der Waals surface area contributed by atoms with Crippen molar-refractivity contribution in [3.63, 3.8) is 0 Å². The smallest absolute Gasteiger partial charge is 0.338 e. The summed E-state index contributed by atoms with van der Waals surface area (Å²) in [7, 11) is 0. The molecule has 114 valence electrons. The van der Waals surface area contributed by atoms with Crippen molar-refractivity contribution < 1.29 is 14.3 Å². The number of amides is 1. The molecule has 0 fully saturated rings. The molecule has 3 N–H and O–H groups in total. The fraction of sp³-hybridized carbons (Fsp3) is 0.125. The second kappa shape index (κ2) is 6.95. The van der Waals surface area contributed by atoms with Gasteiger partial charge in [0.15, 0.2) is 0 Å². The zero-order valence-corrected chi connectivity index (χ0v) is 12.7. The van der Waals surface area contributed by atoms with E-state index in [0.717, 1.165) is 0 Å². The van der Waals surface area contributed by atoms with Crippen molar-refractivity contribution in [3.8, 4) is 0 Å². The summed E-state index contributed by atoms with van der Waals surface area (Å²) in [5, 5.41) is 2.98. The maximum Gasteiger partial charge on any atom is 0.338 e. The predicted octanol–water partition coefficient (Wildman–Crippen LogP) is 3.35. The topological polar surface area (TPSA) is 81.4 Å². The van der Waals surface area contributed by atoms with E-state index in [1.54, 1.807) is 43.3 Å². The number of hydrogen-bond donors (Lipinski definition) is 2. The third-order valence-electron chi connectivity index (χ3n) is 2.89. The molecule has 0 unspecified atom stereocenters. The molecule has 0 atom stereocenters. The molecule has 0 bridgehead atoms. The number of nitrogen functional groups attached to an aromatic ring is 1. The Morgan fingerprint density at radius 2 is 1.86 bits per heavy atom. The van der Waals surface area contributed by atoms with E-state index in [1.165, 1.54) is 6.07 Å². The molecule has 0 saturated carbocycles. The van der Waals surface area contributed by atoms with Crippen LogP contribution in [-0.4, -0.2) is 18.5 Å². The van der Waals surface area contributed by atoms with Crippen LogP contribution >= 0.6 is 11.6 Å². The Hall–Kier alpha value is -2.53. The quantitative estimate of drug-likeness (QED) is 0.669. The Balaban J connectivity index is 2.10. The molecule has 0 aliphatic rings. The van der Waals surface area contributed by atoms with Gasteiger partial charge in [-0.15, -0.1) is 0 Å². The fourth-order valence-corrected chi connectivity index (χ4v) is 2.09. The second-order valence-electron chi connectivity index (χ2n) is 4.49. The highest BCUT2D eigenvalue weighted by molar-refractivity contribution is 6.34. The molecule has 0 aromatic heterocycles. The van der Waals surface area contributed by atoms with Crippen LogP contribution in [0.25, 0.3) is 0 Å². The SMILES string of the molecule is CCOC(=O)c1ccc(NC(=O)c2ccc(N)cc2Cl)cc1. The largest absolute Gasteiger partial charge is 0.462 e. The van der Waals surface area contributed by atoms with Crippen LogP contribution in [0.5, 0.6) is 0 Å². The Bertz CT molecular complexity index is 699. The number of rotatable bonds is 4. The molecule has 6 heteroatoms. The molecule has 0 heterocycles. The standard InChI is InChI=1S/C16H15ClN2O3/c1-2-22-16(21)10-3-6-12(7-4-10)19-15(20)13-8-5-11(18)9-14(13)17/h3-9H,2,18H2,1H3,(H,19,20). The number of nitrogens with one attached hydrogen (secondary N) is 1. The first-order valence-electron chi connectivity index (χ1n) is 6.65. The van der Waals surface area contributed by atoms with Crippen molar-refractivity contribution >= 4 is 34.9 Å². The lowest BCUT2D eigenvalue weighted by Crippen LogP contribution is -2.13. The lowest BCUT2D eigenvalue weighted by atomic mass is 10.1. The maximum atomic E-state index is 12.1. The molecule has 1 amide bonds. The van der Waals surface area contributed by atoms with Gasteiger partial charge in [0, 0.05) is 11.4 Å². The van der Waals surface area contributed by atoms with E-state index in [9.17, 15) is 9.59 Å². The summed E-state index contributed by atoms with van der Waals surface area (Å²) in [6.07, 6.45) is 0. The number of nitrogens with two attached hydrogens (primary N) is 1. The lowest BCUT2D eigenvalue weighted by Gasteiger charge is -2.08. The van der Waals surface area contributed by atoms with Gasteiger partial charge in [0.25, 0.3) is 5.91 Å². The summed E-state index contributed by atoms with van der Waals surface area (Å²) in [5.74, 6) is -0.754. The maximum absolute atomic E-state index is 12.1. The molecule has 2 aromatic carbocycles. The van der Waals surface area contributed by atoms with E-state index in [0.29, 0.717) is 29.1 Å². The third kappa shape index (κ3) is 3.77. The van der Waals surface area contributed by atoms with E-state index in [-0.39, 0.29) is 10.9 Å². The Kier molecular flexibility index (Phi) is 5.01. The highest BCUT2D eigenvalue weighted by Gasteiger charge is 2.11. The van der Waals surface area contributed by atoms with E-state index in [2.05, 4.69) is 5.32 Å². The van der Waals surface area contributed by atoms with E-state index < -0.39 is 5.97 Å². The molecule has 0 radical (unpaired) electrons. The van der Waals surface area contributed by atoms with Crippen molar-refractivity contribution in [2.24, 2.45) is 0 Å². The number of hydrogen-bond acceptors (Lipinski definition) is 4. The summed E-state index contributed by atoms with van der Waals surface area (Å²) >= 11 is 5.99. The number of anilines is 2. The number of esters is 1. The zero-order chi connectivity index (χ0) is 16.1. The van der Waals surface area contributed by atoms with Crippen molar-refractivity contribution in [2.75, 3.05) is 17.7 Å². The number of carbonyl (C=O) groups excluding carboxylic acids is 2. The van der Waals surface area contributed by atoms with Crippen LogP contribution < -0.4 is 11.1 Å². The summed E-state index contributed by atoms with van der Waals surface area (Å²) in [6.45, 7) is 2.05. The summed E-state index contributed by atoms with van der Waals surface area (Å²) in [4.78, 5) is 23.7.